The van der Waals surface area contributed by atoms with E-state index in [1.165, 1.54) is 5.70 Å². The first-order valence-electron chi connectivity index (χ1n) is 5.61. The van der Waals surface area contributed by atoms with E-state index in [4.69, 9.17) is 5.41 Å². The minimum atomic E-state index is -0.0510. The Hall–Kier alpha value is -0.830. The zero-order chi connectivity index (χ0) is 11.6. The molecule has 0 atom stereocenters. The van der Waals surface area contributed by atoms with E-state index in [0.29, 0.717) is 5.92 Å². The summed E-state index contributed by atoms with van der Waals surface area (Å²) in [5, 5.41) is 14.9. The van der Waals surface area contributed by atoms with Gasteiger partial charge in [-0.3, -0.25) is 0 Å². The van der Waals surface area contributed by atoms with Crippen molar-refractivity contribution < 1.29 is 0 Å². The van der Waals surface area contributed by atoms with E-state index >= 15 is 0 Å². The maximum absolute atomic E-state index is 8.24. The van der Waals surface area contributed by atoms with Crippen molar-refractivity contribution in [2.45, 2.75) is 27.7 Å². The lowest BCUT2D eigenvalue weighted by molar-refractivity contribution is 0.450. The van der Waals surface area contributed by atoms with Crippen LogP contribution in [-0.4, -0.2) is 25.8 Å². The Morgan fingerprint density at radius 3 is 2.53 bits per heavy atom. The van der Waals surface area contributed by atoms with E-state index in [0.717, 1.165) is 24.4 Å². The predicted octanol–water partition coefficient (Wildman–Crippen LogP) is 1.77. The molecule has 1 aliphatic rings. The van der Waals surface area contributed by atoms with Crippen LogP contribution in [-0.2, 0) is 0 Å². The van der Waals surface area contributed by atoms with Crippen LogP contribution in [0, 0.1) is 16.7 Å². The lowest BCUT2D eigenvalue weighted by Crippen LogP contribution is -2.46. The molecule has 3 nitrogen and oxygen atoms in total. The third-order valence-electron chi connectivity index (χ3n) is 3.02. The van der Waals surface area contributed by atoms with Gasteiger partial charge in [0, 0.05) is 42.5 Å². The van der Waals surface area contributed by atoms with E-state index in [2.05, 4.69) is 38.3 Å². The summed E-state index contributed by atoms with van der Waals surface area (Å²) in [5.74, 6) is 0.445. The fraction of sp³-hybridized carbons (Fsp3) is 0.750. The van der Waals surface area contributed by atoms with E-state index < -0.39 is 0 Å². The van der Waals surface area contributed by atoms with Crippen molar-refractivity contribution in [3.05, 3.63) is 11.3 Å². The zero-order valence-corrected chi connectivity index (χ0v) is 10.5. The van der Waals surface area contributed by atoms with E-state index in [1.807, 2.05) is 7.05 Å². The molecule has 1 heterocycles. The van der Waals surface area contributed by atoms with Crippen molar-refractivity contribution in [3.8, 4) is 0 Å². The van der Waals surface area contributed by atoms with E-state index in [9.17, 15) is 0 Å². The normalized spacial score (nSPS) is 24.3. The summed E-state index contributed by atoms with van der Waals surface area (Å²) in [5.41, 5.74) is 3.06. The number of rotatable bonds is 2. The van der Waals surface area contributed by atoms with Crippen LogP contribution in [0.2, 0.25) is 0 Å². The molecular weight excluding hydrogens is 186 g/mol. The van der Waals surface area contributed by atoms with Crippen LogP contribution >= 0.6 is 0 Å². The average Bonchev–Trinajstić information content (AvgIpc) is 2.13. The molecule has 0 aromatic carbocycles. The Balaban J connectivity index is 3.08. The molecule has 3 heteroatoms. The van der Waals surface area contributed by atoms with Crippen molar-refractivity contribution in [1.82, 2.24) is 10.6 Å². The first-order chi connectivity index (χ1) is 6.90. The first kappa shape index (κ1) is 12.2. The number of nitrogens with one attached hydrogen (secondary N) is 3. The van der Waals surface area contributed by atoms with Gasteiger partial charge in [0.05, 0.1) is 0 Å². The Kier molecular flexibility index (Phi) is 3.55. The summed E-state index contributed by atoms with van der Waals surface area (Å²) < 4.78 is 0. The standard InChI is InChI=1S/C12H23N3/c1-8(2)10(14-5)9-6-15-7-12(3,4)11(9)13/h8,13-15H,6-7H2,1-5H3/b10-9-,13-11?. The van der Waals surface area contributed by atoms with Crippen molar-refractivity contribution >= 4 is 5.71 Å². The topological polar surface area (TPSA) is 47.9 Å². The predicted molar refractivity (Wildman–Crippen MR) is 65.3 cm³/mol. The minimum absolute atomic E-state index is 0.0510. The molecule has 0 amide bonds. The molecule has 0 spiro atoms. The van der Waals surface area contributed by atoms with Gasteiger partial charge in [0.1, 0.15) is 0 Å². The van der Waals surface area contributed by atoms with E-state index in [1.54, 1.807) is 0 Å². The molecule has 0 saturated carbocycles. The summed E-state index contributed by atoms with van der Waals surface area (Å²) in [6.07, 6.45) is 0. The summed E-state index contributed by atoms with van der Waals surface area (Å²) >= 11 is 0. The molecule has 1 saturated heterocycles. The first-order valence-corrected chi connectivity index (χ1v) is 5.61. The molecule has 1 aliphatic heterocycles. The maximum atomic E-state index is 8.24. The summed E-state index contributed by atoms with van der Waals surface area (Å²) in [7, 11) is 1.94. The molecular formula is C12H23N3. The summed E-state index contributed by atoms with van der Waals surface area (Å²) in [6.45, 7) is 10.3. The highest BCUT2D eigenvalue weighted by Gasteiger charge is 2.32. The fourth-order valence-corrected chi connectivity index (χ4v) is 2.10. The Labute approximate surface area is 92.8 Å². The van der Waals surface area contributed by atoms with Gasteiger partial charge in [0.15, 0.2) is 0 Å². The van der Waals surface area contributed by atoms with Crippen molar-refractivity contribution in [2.24, 2.45) is 11.3 Å². The Bertz CT molecular complexity index is 287. The zero-order valence-electron chi connectivity index (χ0n) is 10.5. The SMILES string of the molecule is CN/C(=C1/CNCC(C)(C)C1=N)C(C)C. The van der Waals surface area contributed by atoms with Gasteiger partial charge in [-0.2, -0.15) is 0 Å². The molecule has 0 unspecified atom stereocenters. The van der Waals surface area contributed by atoms with Gasteiger partial charge < -0.3 is 16.0 Å². The maximum Gasteiger partial charge on any atom is 0.0445 e. The Morgan fingerprint density at radius 2 is 2.07 bits per heavy atom. The van der Waals surface area contributed by atoms with Gasteiger partial charge in [-0.05, 0) is 5.92 Å². The lowest BCUT2D eigenvalue weighted by atomic mass is 9.79. The van der Waals surface area contributed by atoms with Gasteiger partial charge in [0.25, 0.3) is 0 Å². The van der Waals surface area contributed by atoms with Gasteiger partial charge >= 0.3 is 0 Å². The van der Waals surface area contributed by atoms with Gasteiger partial charge in [0.2, 0.25) is 0 Å². The van der Waals surface area contributed by atoms with Crippen LogP contribution in [0.5, 0.6) is 0 Å². The van der Waals surface area contributed by atoms with Crippen LogP contribution in [0.15, 0.2) is 11.3 Å². The number of hydrogen-bond acceptors (Lipinski definition) is 3. The number of piperidine rings is 1. The molecule has 0 aromatic heterocycles. The van der Waals surface area contributed by atoms with Gasteiger partial charge in [-0.15, -0.1) is 0 Å². The third-order valence-corrected chi connectivity index (χ3v) is 3.02. The molecule has 1 fully saturated rings. The third kappa shape index (κ3) is 2.40. The largest absolute Gasteiger partial charge is 0.391 e. The van der Waals surface area contributed by atoms with Gasteiger partial charge in [-0.25, -0.2) is 0 Å². The molecule has 3 N–H and O–H groups in total. The number of hydrogen-bond donors (Lipinski definition) is 3. The Morgan fingerprint density at radius 1 is 1.47 bits per heavy atom. The fourth-order valence-electron chi connectivity index (χ4n) is 2.10. The van der Waals surface area contributed by atoms with Crippen molar-refractivity contribution in [1.29, 1.82) is 5.41 Å². The van der Waals surface area contributed by atoms with Crippen molar-refractivity contribution in [2.75, 3.05) is 20.1 Å². The molecule has 1 rings (SSSR count). The van der Waals surface area contributed by atoms with Gasteiger partial charge in [-0.1, -0.05) is 27.7 Å². The lowest BCUT2D eigenvalue weighted by Gasteiger charge is -2.35. The van der Waals surface area contributed by atoms with Crippen LogP contribution in [0.4, 0.5) is 0 Å². The molecule has 0 aliphatic carbocycles. The van der Waals surface area contributed by atoms with Crippen LogP contribution in [0.25, 0.3) is 0 Å². The van der Waals surface area contributed by atoms with E-state index in [-0.39, 0.29) is 5.41 Å². The smallest absolute Gasteiger partial charge is 0.0445 e. The van der Waals surface area contributed by atoms with Crippen LogP contribution in [0.3, 0.4) is 0 Å². The summed E-state index contributed by atoms with van der Waals surface area (Å²) in [4.78, 5) is 0. The molecule has 0 radical (unpaired) electrons. The average molecular weight is 209 g/mol. The molecule has 0 bridgehead atoms. The second kappa shape index (κ2) is 4.35. The highest BCUT2D eigenvalue weighted by Crippen LogP contribution is 2.27. The second-order valence-electron chi connectivity index (χ2n) is 5.16. The highest BCUT2D eigenvalue weighted by atomic mass is 14.9. The molecule has 0 aromatic rings. The molecule has 15 heavy (non-hydrogen) atoms. The quantitative estimate of drug-likeness (QED) is 0.649. The summed E-state index contributed by atoms with van der Waals surface area (Å²) in [6, 6.07) is 0. The second-order valence-corrected chi connectivity index (χ2v) is 5.16. The van der Waals surface area contributed by atoms with Crippen molar-refractivity contribution in [3.63, 3.8) is 0 Å². The monoisotopic (exact) mass is 209 g/mol. The number of allylic oxidation sites excluding steroid dienone is 1. The van der Waals surface area contributed by atoms with Crippen LogP contribution in [0.1, 0.15) is 27.7 Å². The van der Waals surface area contributed by atoms with Crippen LogP contribution < -0.4 is 10.6 Å². The highest BCUT2D eigenvalue weighted by molar-refractivity contribution is 6.03. The molecule has 86 valence electrons. The minimum Gasteiger partial charge on any atom is -0.391 e.